The number of hydrogen-bond acceptors (Lipinski definition) is 2. The minimum absolute atomic E-state index is 0.128. The van der Waals surface area contributed by atoms with Gasteiger partial charge in [-0.1, -0.05) is 11.8 Å². The molecule has 0 spiro atoms. The van der Waals surface area contributed by atoms with Crippen molar-refractivity contribution >= 4 is 5.91 Å². The second-order valence-corrected chi connectivity index (χ2v) is 5.42. The first-order chi connectivity index (χ1) is 9.63. The topological polar surface area (TPSA) is 46.3 Å². The SMILES string of the molecule is CC1CCCC(C)N1C(=O)c1ccc(C#CCN)cc1. The third kappa shape index (κ3) is 3.20. The second-order valence-electron chi connectivity index (χ2n) is 5.42. The number of hydrogen-bond donors (Lipinski definition) is 1. The zero-order chi connectivity index (χ0) is 14.5. The van der Waals surface area contributed by atoms with E-state index in [0.717, 1.165) is 24.0 Å². The molecule has 3 nitrogen and oxygen atoms in total. The molecule has 1 aliphatic rings. The van der Waals surface area contributed by atoms with Crippen LogP contribution in [0.2, 0.25) is 0 Å². The summed E-state index contributed by atoms with van der Waals surface area (Å²) in [5.74, 6) is 5.91. The molecule has 0 saturated carbocycles. The van der Waals surface area contributed by atoms with Crippen LogP contribution in [0.4, 0.5) is 0 Å². The molecule has 1 fully saturated rings. The zero-order valence-electron chi connectivity index (χ0n) is 12.2. The number of benzene rings is 1. The van der Waals surface area contributed by atoms with Crippen LogP contribution in [-0.4, -0.2) is 29.4 Å². The van der Waals surface area contributed by atoms with Crippen LogP contribution in [0.25, 0.3) is 0 Å². The van der Waals surface area contributed by atoms with Gasteiger partial charge in [0.25, 0.3) is 5.91 Å². The lowest BCUT2D eigenvalue weighted by Crippen LogP contribution is -2.47. The number of piperidine rings is 1. The van der Waals surface area contributed by atoms with Gasteiger partial charge in [0.2, 0.25) is 0 Å². The molecule has 3 heteroatoms. The molecule has 20 heavy (non-hydrogen) atoms. The highest BCUT2D eigenvalue weighted by molar-refractivity contribution is 5.94. The molecule has 0 aromatic heterocycles. The van der Waals surface area contributed by atoms with Crippen LogP contribution in [0.1, 0.15) is 49.0 Å². The molecule has 0 radical (unpaired) electrons. The highest BCUT2D eigenvalue weighted by Crippen LogP contribution is 2.24. The molecule has 1 heterocycles. The van der Waals surface area contributed by atoms with Crippen LogP contribution < -0.4 is 5.73 Å². The predicted octanol–water partition coefficient (Wildman–Crippen LogP) is 2.40. The van der Waals surface area contributed by atoms with E-state index >= 15 is 0 Å². The van der Waals surface area contributed by atoms with Gasteiger partial charge < -0.3 is 10.6 Å². The fraction of sp³-hybridized carbons (Fsp3) is 0.471. The Hall–Kier alpha value is -1.79. The van der Waals surface area contributed by atoms with Crippen LogP contribution in [0, 0.1) is 11.8 Å². The van der Waals surface area contributed by atoms with E-state index in [1.165, 1.54) is 6.42 Å². The van der Waals surface area contributed by atoms with Crippen molar-refractivity contribution in [1.29, 1.82) is 0 Å². The predicted molar refractivity (Wildman–Crippen MR) is 81.3 cm³/mol. The lowest BCUT2D eigenvalue weighted by molar-refractivity contribution is 0.0511. The van der Waals surface area contributed by atoms with E-state index in [2.05, 4.69) is 25.7 Å². The maximum atomic E-state index is 12.6. The van der Waals surface area contributed by atoms with Gasteiger partial charge in [-0.2, -0.15) is 0 Å². The Bertz CT molecular complexity index is 514. The van der Waals surface area contributed by atoms with E-state index in [1.807, 2.05) is 29.2 Å². The molecule has 106 valence electrons. The molecule has 2 N–H and O–H groups in total. The summed E-state index contributed by atoms with van der Waals surface area (Å²) >= 11 is 0. The van der Waals surface area contributed by atoms with Crippen LogP contribution in [-0.2, 0) is 0 Å². The summed E-state index contributed by atoms with van der Waals surface area (Å²) in [6, 6.07) is 8.13. The molecule has 1 amide bonds. The Morgan fingerprint density at radius 3 is 2.40 bits per heavy atom. The lowest BCUT2D eigenvalue weighted by atomic mass is 9.96. The Kier molecular flexibility index (Phi) is 4.81. The van der Waals surface area contributed by atoms with Crippen LogP contribution in [0.3, 0.4) is 0 Å². The van der Waals surface area contributed by atoms with Crippen molar-refractivity contribution < 1.29 is 4.79 Å². The average molecular weight is 270 g/mol. The van der Waals surface area contributed by atoms with Crippen LogP contribution >= 0.6 is 0 Å². The highest BCUT2D eigenvalue weighted by atomic mass is 16.2. The fourth-order valence-corrected chi connectivity index (χ4v) is 2.82. The maximum Gasteiger partial charge on any atom is 0.254 e. The van der Waals surface area contributed by atoms with E-state index in [-0.39, 0.29) is 5.91 Å². The molecule has 2 atom stereocenters. The summed E-state index contributed by atoms with van der Waals surface area (Å²) in [7, 11) is 0. The van der Waals surface area contributed by atoms with E-state index in [4.69, 9.17) is 5.73 Å². The van der Waals surface area contributed by atoms with Gasteiger partial charge in [-0.3, -0.25) is 4.79 Å². The zero-order valence-corrected chi connectivity index (χ0v) is 12.2. The molecular formula is C17H22N2O. The molecule has 1 aromatic carbocycles. The van der Waals surface area contributed by atoms with Crippen molar-refractivity contribution in [2.45, 2.75) is 45.2 Å². The molecule has 1 aliphatic heterocycles. The normalized spacial score (nSPS) is 22.1. The van der Waals surface area contributed by atoms with Crippen molar-refractivity contribution in [1.82, 2.24) is 4.90 Å². The summed E-state index contributed by atoms with van der Waals surface area (Å²) in [5, 5.41) is 0. The minimum atomic E-state index is 0.128. The lowest BCUT2D eigenvalue weighted by Gasteiger charge is -2.39. The molecule has 1 saturated heterocycles. The van der Waals surface area contributed by atoms with Gasteiger partial charge >= 0.3 is 0 Å². The van der Waals surface area contributed by atoms with Crippen LogP contribution in [0.5, 0.6) is 0 Å². The molecule has 0 aliphatic carbocycles. The highest BCUT2D eigenvalue weighted by Gasteiger charge is 2.29. The van der Waals surface area contributed by atoms with Gasteiger partial charge in [-0.15, -0.1) is 0 Å². The van der Waals surface area contributed by atoms with Gasteiger partial charge in [0.05, 0.1) is 6.54 Å². The second kappa shape index (κ2) is 6.58. The smallest absolute Gasteiger partial charge is 0.254 e. The minimum Gasteiger partial charge on any atom is -0.333 e. The number of rotatable bonds is 1. The number of carbonyl (C=O) groups is 1. The summed E-state index contributed by atoms with van der Waals surface area (Å²) in [5.41, 5.74) is 6.98. The fourth-order valence-electron chi connectivity index (χ4n) is 2.82. The molecule has 2 rings (SSSR count). The quantitative estimate of drug-likeness (QED) is 0.797. The van der Waals surface area contributed by atoms with Crippen molar-refractivity contribution in [2.24, 2.45) is 5.73 Å². The van der Waals surface area contributed by atoms with Gasteiger partial charge in [-0.25, -0.2) is 0 Å². The summed E-state index contributed by atoms with van der Waals surface area (Å²) in [4.78, 5) is 14.6. The van der Waals surface area contributed by atoms with Crippen LogP contribution in [0.15, 0.2) is 24.3 Å². The molecule has 2 unspecified atom stereocenters. The van der Waals surface area contributed by atoms with E-state index in [9.17, 15) is 4.79 Å². The first-order valence-electron chi connectivity index (χ1n) is 7.25. The Labute approximate surface area is 121 Å². The standard InChI is InChI=1S/C17H22N2O/c1-13-5-3-6-14(2)19(13)17(20)16-10-8-15(9-11-16)7-4-12-18/h8-11,13-14H,3,5-6,12,18H2,1-2H3. The number of likely N-dealkylation sites (tertiary alicyclic amines) is 1. The van der Waals surface area contributed by atoms with Gasteiger partial charge in [0.15, 0.2) is 0 Å². The largest absolute Gasteiger partial charge is 0.333 e. The molecule has 1 aromatic rings. The number of carbonyl (C=O) groups excluding carboxylic acids is 1. The average Bonchev–Trinajstić information content (AvgIpc) is 2.45. The molecular weight excluding hydrogens is 248 g/mol. The Morgan fingerprint density at radius 1 is 1.25 bits per heavy atom. The summed E-state index contributed by atoms with van der Waals surface area (Å²) in [6.45, 7) is 4.62. The Morgan fingerprint density at radius 2 is 1.85 bits per heavy atom. The third-order valence-electron chi connectivity index (χ3n) is 3.89. The Balaban J connectivity index is 2.16. The molecule has 0 bridgehead atoms. The van der Waals surface area contributed by atoms with Gasteiger partial charge in [0.1, 0.15) is 0 Å². The number of nitrogens with zero attached hydrogens (tertiary/aromatic N) is 1. The van der Waals surface area contributed by atoms with Gasteiger partial charge in [-0.05, 0) is 57.4 Å². The van der Waals surface area contributed by atoms with Crippen molar-refractivity contribution in [2.75, 3.05) is 6.54 Å². The van der Waals surface area contributed by atoms with Gasteiger partial charge in [0, 0.05) is 23.2 Å². The summed E-state index contributed by atoms with van der Waals surface area (Å²) in [6.07, 6.45) is 3.39. The maximum absolute atomic E-state index is 12.6. The van der Waals surface area contributed by atoms with Crippen molar-refractivity contribution in [3.05, 3.63) is 35.4 Å². The van der Waals surface area contributed by atoms with Crippen molar-refractivity contribution in [3.63, 3.8) is 0 Å². The first kappa shape index (κ1) is 14.6. The first-order valence-corrected chi connectivity index (χ1v) is 7.25. The third-order valence-corrected chi connectivity index (χ3v) is 3.89. The summed E-state index contributed by atoms with van der Waals surface area (Å²) < 4.78 is 0. The van der Waals surface area contributed by atoms with E-state index in [1.54, 1.807) is 0 Å². The monoisotopic (exact) mass is 270 g/mol. The van der Waals surface area contributed by atoms with Crippen molar-refractivity contribution in [3.8, 4) is 11.8 Å². The van der Waals surface area contributed by atoms with E-state index < -0.39 is 0 Å². The number of amides is 1. The van der Waals surface area contributed by atoms with E-state index in [0.29, 0.717) is 18.6 Å². The number of nitrogens with two attached hydrogens (primary N) is 1.